The Labute approximate surface area is 201 Å². The van der Waals surface area contributed by atoms with Crippen molar-refractivity contribution in [2.24, 2.45) is 0 Å². The first-order valence-electron chi connectivity index (χ1n) is 10.4. The van der Waals surface area contributed by atoms with E-state index in [0.717, 1.165) is 32.8 Å². The van der Waals surface area contributed by atoms with Crippen LogP contribution in [0.25, 0.3) is 5.69 Å². The number of carbonyl (C=O) groups is 1. The van der Waals surface area contributed by atoms with E-state index in [0.29, 0.717) is 11.7 Å². The third-order valence-corrected chi connectivity index (χ3v) is 6.74. The van der Waals surface area contributed by atoms with Crippen LogP contribution in [-0.4, -0.2) is 39.2 Å². The van der Waals surface area contributed by atoms with Crippen molar-refractivity contribution >= 4 is 39.2 Å². The van der Waals surface area contributed by atoms with Gasteiger partial charge in [0.2, 0.25) is 0 Å². The molecule has 1 aromatic carbocycles. The van der Waals surface area contributed by atoms with Crippen molar-refractivity contribution < 1.29 is 9.53 Å². The molecule has 3 heterocycles. The van der Waals surface area contributed by atoms with E-state index in [9.17, 15) is 4.79 Å². The molecule has 1 aliphatic heterocycles. The summed E-state index contributed by atoms with van der Waals surface area (Å²) < 4.78 is 8.15. The summed E-state index contributed by atoms with van der Waals surface area (Å²) in [5.74, 6) is -0.256. The highest BCUT2D eigenvalue weighted by atomic mass is 79.9. The van der Waals surface area contributed by atoms with Gasteiger partial charge < -0.3 is 19.5 Å². The Morgan fingerprint density at radius 1 is 1.22 bits per heavy atom. The van der Waals surface area contributed by atoms with Crippen LogP contribution in [0.5, 0.6) is 0 Å². The molecule has 1 fully saturated rings. The molecule has 0 bridgehead atoms. The molecule has 0 aliphatic carbocycles. The van der Waals surface area contributed by atoms with Crippen LogP contribution in [0.15, 0.2) is 59.2 Å². The van der Waals surface area contributed by atoms with Crippen LogP contribution in [0.4, 0.5) is 0 Å². The number of esters is 1. The summed E-state index contributed by atoms with van der Waals surface area (Å²) in [5, 5.41) is 4.05. The fraction of sp³-hybridized carbons (Fsp3) is 0.292. The van der Waals surface area contributed by atoms with E-state index in [1.165, 1.54) is 7.11 Å². The summed E-state index contributed by atoms with van der Waals surface area (Å²) in [6.45, 7) is 4.70. The number of aromatic nitrogens is 2. The molecule has 0 amide bonds. The van der Waals surface area contributed by atoms with Crippen LogP contribution >= 0.6 is 28.1 Å². The van der Waals surface area contributed by atoms with Crippen LogP contribution in [0.1, 0.15) is 41.1 Å². The molecule has 166 valence electrons. The number of rotatable bonds is 6. The summed E-state index contributed by atoms with van der Waals surface area (Å²) in [7, 11) is 1.41. The zero-order chi connectivity index (χ0) is 22.8. The Hall–Kier alpha value is -2.71. The normalized spacial score (nSPS) is 18.0. The lowest BCUT2D eigenvalue weighted by molar-refractivity contribution is -0.140. The Morgan fingerprint density at radius 2 is 1.97 bits per heavy atom. The van der Waals surface area contributed by atoms with Crippen molar-refractivity contribution in [3.63, 3.8) is 0 Å². The lowest BCUT2D eigenvalue weighted by atomic mass is 9.96. The Kier molecular flexibility index (Phi) is 6.62. The molecular formula is C24H25BrN4O2S. The minimum Gasteiger partial charge on any atom is -0.469 e. The highest BCUT2D eigenvalue weighted by Gasteiger charge is 2.41. The molecule has 0 radical (unpaired) electrons. The molecule has 0 unspecified atom stereocenters. The smallest absolute Gasteiger partial charge is 0.307 e. The third kappa shape index (κ3) is 4.29. The first-order chi connectivity index (χ1) is 15.4. The molecule has 0 spiro atoms. The van der Waals surface area contributed by atoms with Crippen LogP contribution in [0, 0.1) is 13.8 Å². The van der Waals surface area contributed by atoms with Crippen molar-refractivity contribution in [3.05, 3.63) is 81.8 Å². The maximum atomic E-state index is 11.9. The number of pyridine rings is 1. The Balaban J connectivity index is 1.78. The number of methoxy groups -OCH3 is 1. The number of benzene rings is 1. The highest BCUT2D eigenvalue weighted by Crippen LogP contribution is 2.41. The van der Waals surface area contributed by atoms with E-state index < -0.39 is 0 Å². The Morgan fingerprint density at radius 3 is 2.62 bits per heavy atom. The summed E-state index contributed by atoms with van der Waals surface area (Å²) in [6.07, 6.45) is 2.05. The first kappa shape index (κ1) is 22.5. The lowest BCUT2D eigenvalue weighted by Crippen LogP contribution is -2.32. The first-order valence-corrected chi connectivity index (χ1v) is 11.6. The van der Waals surface area contributed by atoms with Crippen molar-refractivity contribution in [2.45, 2.75) is 32.4 Å². The number of carbonyl (C=O) groups excluding carboxylic acids is 1. The van der Waals surface area contributed by atoms with E-state index in [2.05, 4.69) is 67.7 Å². The van der Waals surface area contributed by atoms with E-state index in [1.54, 1.807) is 6.20 Å². The maximum absolute atomic E-state index is 11.9. The van der Waals surface area contributed by atoms with E-state index in [-0.39, 0.29) is 24.5 Å². The molecule has 6 nitrogen and oxygen atoms in total. The zero-order valence-corrected chi connectivity index (χ0v) is 20.6. The highest BCUT2D eigenvalue weighted by molar-refractivity contribution is 9.10. The molecular weight excluding hydrogens is 488 g/mol. The molecule has 0 saturated carbocycles. The molecule has 1 aliphatic rings. The van der Waals surface area contributed by atoms with Gasteiger partial charge in [-0.05, 0) is 74.1 Å². The average Bonchev–Trinajstić information content (AvgIpc) is 3.28. The fourth-order valence-electron chi connectivity index (χ4n) is 4.37. The van der Waals surface area contributed by atoms with Gasteiger partial charge in [0.05, 0.1) is 31.3 Å². The van der Waals surface area contributed by atoms with Gasteiger partial charge in [-0.2, -0.15) is 0 Å². The van der Waals surface area contributed by atoms with Crippen LogP contribution in [0.3, 0.4) is 0 Å². The minimum absolute atomic E-state index is 0.0996. The number of aryl methyl sites for hydroxylation is 1. The van der Waals surface area contributed by atoms with Gasteiger partial charge in [0.25, 0.3) is 0 Å². The van der Waals surface area contributed by atoms with Crippen molar-refractivity contribution in [1.29, 1.82) is 0 Å². The van der Waals surface area contributed by atoms with Crippen LogP contribution in [-0.2, 0) is 9.53 Å². The van der Waals surface area contributed by atoms with E-state index in [1.807, 2.05) is 30.3 Å². The molecule has 2 aromatic heterocycles. The summed E-state index contributed by atoms with van der Waals surface area (Å²) in [5.41, 5.74) is 5.42. The fourth-order valence-corrected chi connectivity index (χ4v) is 4.97. The number of hydrogen-bond acceptors (Lipinski definition) is 4. The number of thiocarbonyl (C=S) groups is 1. The molecule has 1 saturated heterocycles. The quantitative estimate of drug-likeness (QED) is 0.378. The van der Waals surface area contributed by atoms with Gasteiger partial charge in [0.15, 0.2) is 5.11 Å². The van der Waals surface area contributed by atoms with Gasteiger partial charge in [-0.15, -0.1) is 0 Å². The summed E-state index contributed by atoms with van der Waals surface area (Å²) in [6, 6.07) is 16.1. The number of ether oxygens (including phenoxy) is 1. The monoisotopic (exact) mass is 512 g/mol. The predicted octanol–water partition coefficient (Wildman–Crippen LogP) is 4.79. The maximum Gasteiger partial charge on any atom is 0.307 e. The second-order valence-corrected chi connectivity index (χ2v) is 9.09. The molecule has 32 heavy (non-hydrogen) atoms. The van der Waals surface area contributed by atoms with E-state index >= 15 is 0 Å². The Bertz CT molecular complexity index is 1130. The third-order valence-electron chi connectivity index (χ3n) is 5.86. The average molecular weight is 513 g/mol. The standard InChI is InChI=1S/C24H25BrN4O2S/c1-15-14-19(16(2)29(15)18-9-7-17(25)8-10-18)23-22(20-6-4-5-12-26-20)27-24(32)28(23)13-11-21(30)31-3/h4-10,12,14,22-23H,11,13H2,1-3H3,(H,27,32)/t22-,23+/m0/s1. The van der Waals surface area contributed by atoms with E-state index in [4.69, 9.17) is 17.0 Å². The van der Waals surface area contributed by atoms with Gasteiger partial charge in [0, 0.05) is 34.3 Å². The van der Waals surface area contributed by atoms with Crippen molar-refractivity contribution in [2.75, 3.05) is 13.7 Å². The largest absolute Gasteiger partial charge is 0.469 e. The van der Waals surface area contributed by atoms with Gasteiger partial charge in [0.1, 0.15) is 0 Å². The van der Waals surface area contributed by atoms with Gasteiger partial charge in [-0.3, -0.25) is 9.78 Å². The number of hydrogen-bond donors (Lipinski definition) is 1. The van der Waals surface area contributed by atoms with Crippen molar-refractivity contribution in [3.8, 4) is 5.69 Å². The van der Waals surface area contributed by atoms with Crippen LogP contribution < -0.4 is 5.32 Å². The van der Waals surface area contributed by atoms with Crippen molar-refractivity contribution in [1.82, 2.24) is 19.8 Å². The molecule has 3 aromatic rings. The van der Waals surface area contributed by atoms with Gasteiger partial charge in [-0.25, -0.2) is 0 Å². The molecule has 1 N–H and O–H groups in total. The van der Waals surface area contributed by atoms with Gasteiger partial charge in [-0.1, -0.05) is 22.0 Å². The second kappa shape index (κ2) is 9.42. The molecule has 2 atom stereocenters. The molecule has 8 heteroatoms. The number of halogens is 1. The lowest BCUT2D eigenvalue weighted by Gasteiger charge is -2.28. The minimum atomic E-state index is -0.256. The topological polar surface area (TPSA) is 59.4 Å². The number of nitrogens with one attached hydrogen (secondary N) is 1. The molecule has 4 rings (SSSR count). The van der Waals surface area contributed by atoms with Crippen LogP contribution in [0.2, 0.25) is 0 Å². The summed E-state index contributed by atoms with van der Waals surface area (Å²) >= 11 is 9.21. The predicted molar refractivity (Wildman–Crippen MR) is 132 cm³/mol. The second-order valence-electron chi connectivity index (χ2n) is 7.78. The zero-order valence-electron chi connectivity index (χ0n) is 18.2. The summed E-state index contributed by atoms with van der Waals surface area (Å²) in [4.78, 5) is 18.5. The van der Waals surface area contributed by atoms with Gasteiger partial charge >= 0.3 is 5.97 Å². The SMILES string of the molecule is COC(=O)CCN1C(=S)N[C@@H](c2ccccn2)[C@H]1c1cc(C)n(-c2ccc(Br)cc2)c1C. The number of nitrogens with zero attached hydrogens (tertiary/aromatic N) is 3.